The first-order chi connectivity index (χ1) is 21.8. The minimum absolute atomic E-state index is 0.0404. The van der Waals surface area contributed by atoms with E-state index in [0.29, 0.717) is 29.2 Å². The number of carbonyl (C=O) groups is 4. The van der Waals surface area contributed by atoms with Gasteiger partial charge in [-0.2, -0.15) is 0 Å². The summed E-state index contributed by atoms with van der Waals surface area (Å²) in [5.41, 5.74) is 1.71. The number of carboxylic acids is 1. The van der Waals surface area contributed by atoms with E-state index in [2.05, 4.69) is 17.6 Å². The van der Waals surface area contributed by atoms with Crippen LogP contribution in [0.15, 0.2) is 66.7 Å². The average molecular weight is 617 g/mol. The van der Waals surface area contributed by atoms with Gasteiger partial charge in [0.25, 0.3) is 5.91 Å². The van der Waals surface area contributed by atoms with Crippen molar-refractivity contribution in [1.29, 1.82) is 0 Å². The molecule has 3 N–H and O–H groups in total. The Bertz CT molecular complexity index is 1470. The summed E-state index contributed by atoms with van der Waals surface area (Å²) in [6, 6.07) is 16.5. The number of nitrogens with one attached hydrogen (secondary N) is 2. The molecule has 1 fully saturated rings. The maximum absolute atomic E-state index is 12.8. The summed E-state index contributed by atoms with van der Waals surface area (Å²) in [5, 5.41) is 15.1. The number of carbonyl (C=O) groups excluding carboxylic acids is 3. The fourth-order valence-electron chi connectivity index (χ4n) is 4.64. The highest BCUT2D eigenvalue weighted by molar-refractivity contribution is 5.98. The number of carboxylic acid groups (broad SMARTS) is 1. The molecule has 1 aliphatic carbocycles. The van der Waals surface area contributed by atoms with E-state index >= 15 is 0 Å². The van der Waals surface area contributed by atoms with Gasteiger partial charge in [-0.15, -0.1) is 0 Å². The van der Waals surface area contributed by atoms with Crippen LogP contribution in [0.2, 0.25) is 0 Å². The molecule has 3 aromatic carbocycles. The summed E-state index contributed by atoms with van der Waals surface area (Å²) in [6.07, 6.45) is 7.45. The molecule has 0 aromatic heterocycles. The van der Waals surface area contributed by atoms with E-state index in [1.807, 2.05) is 0 Å². The lowest BCUT2D eigenvalue weighted by Crippen LogP contribution is -2.42. The second-order valence-corrected chi connectivity index (χ2v) is 11.1. The highest BCUT2D eigenvalue weighted by Gasteiger charge is 2.29. The maximum Gasteiger partial charge on any atom is 0.343 e. The quantitative estimate of drug-likeness (QED) is 0.0948. The van der Waals surface area contributed by atoms with Crippen molar-refractivity contribution in [3.05, 3.63) is 83.4 Å². The molecular formula is C35H40N2O8. The molecule has 2 amide bonds. The summed E-state index contributed by atoms with van der Waals surface area (Å²) >= 11 is 0. The first-order valence-corrected chi connectivity index (χ1v) is 15.3. The van der Waals surface area contributed by atoms with Crippen molar-refractivity contribution in [2.45, 2.75) is 64.3 Å². The Morgan fingerprint density at radius 3 is 2.20 bits per heavy atom. The monoisotopic (exact) mass is 616 g/mol. The number of hydrogen-bond acceptors (Lipinski definition) is 7. The predicted molar refractivity (Wildman–Crippen MR) is 169 cm³/mol. The molecular weight excluding hydrogens is 576 g/mol. The van der Waals surface area contributed by atoms with E-state index in [1.165, 1.54) is 44.6 Å². The number of anilines is 1. The van der Waals surface area contributed by atoms with Crippen LogP contribution in [-0.4, -0.2) is 48.6 Å². The minimum atomic E-state index is -1.23. The number of ether oxygens (including phenoxy) is 3. The molecule has 0 heterocycles. The third-order valence-electron chi connectivity index (χ3n) is 7.44. The molecule has 0 spiro atoms. The van der Waals surface area contributed by atoms with Crippen molar-refractivity contribution < 1.29 is 38.5 Å². The van der Waals surface area contributed by atoms with Crippen molar-refractivity contribution in [2.24, 2.45) is 5.92 Å². The summed E-state index contributed by atoms with van der Waals surface area (Å²) in [4.78, 5) is 49.6. The lowest BCUT2D eigenvalue weighted by molar-refractivity contribution is -0.139. The topological polar surface area (TPSA) is 140 Å². The second-order valence-electron chi connectivity index (χ2n) is 11.1. The molecule has 10 nitrogen and oxygen atoms in total. The van der Waals surface area contributed by atoms with Crippen LogP contribution in [0.3, 0.4) is 0 Å². The number of esters is 1. The van der Waals surface area contributed by atoms with E-state index in [1.54, 1.807) is 48.5 Å². The van der Waals surface area contributed by atoms with Crippen molar-refractivity contribution in [1.82, 2.24) is 5.32 Å². The summed E-state index contributed by atoms with van der Waals surface area (Å²) in [5.74, 6) is -1.27. The van der Waals surface area contributed by atoms with Crippen LogP contribution in [0, 0.1) is 5.92 Å². The van der Waals surface area contributed by atoms with Gasteiger partial charge >= 0.3 is 11.9 Å². The van der Waals surface area contributed by atoms with E-state index in [-0.39, 0.29) is 35.3 Å². The number of benzene rings is 3. The SMILES string of the molecule is CCCCCCCOc1ccc(C(=O)Oc2ccc(CC(NC(=O)c3ccc(NC(=O)C4CC4)cc3)C(=O)O)cc2OC)cc1. The largest absolute Gasteiger partial charge is 0.494 e. The van der Waals surface area contributed by atoms with Gasteiger partial charge in [0.2, 0.25) is 5.91 Å². The molecule has 3 aromatic rings. The van der Waals surface area contributed by atoms with Gasteiger partial charge in [0.1, 0.15) is 11.8 Å². The van der Waals surface area contributed by atoms with Crippen LogP contribution in [0.25, 0.3) is 0 Å². The maximum atomic E-state index is 12.8. The standard InChI is InChI=1S/C35H40N2O8/c1-3-4-5-6-7-20-44-28-17-13-26(14-18-28)35(42)45-30-19-8-23(22-31(30)43-2)21-29(34(40)41)37-33(39)25-11-15-27(16-12-25)36-32(38)24-9-10-24/h8,11-19,22,24,29H,3-7,9-10,20-21H2,1-2H3,(H,36,38)(H,37,39)(H,40,41). The zero-order chi connectivity index (χ0) is 32.2. The molecule has 4 rings (SSSR count). The zero-order valence-corrected chi connectivity index (χ0v) is 25.7. The minimum Gasteiger partial charge on any atom is -0.494 e. The van der Waals surface area contributed by atoms with Crippen LogP contribution >= 0.6 is 0 Å². The molecule has 0 bridgehead atoms. The van der Waals surface area contributed by atoms with Crippen molar-refractivity contribution >= 4 is 29.4 Å². The molecule has 1 unspecified atom stereocenters. The van der Waals surface area contributed by atoms with Crippen LogP contribution in [-0.2, 0) is 16.0 Å². The Morgan fingerprint density at radius 1 is 0.867 bits per heavy atom. The first-order valence-electron chi connectivity index (χ1n) is 15.3. The summed E-state index contributed by atoms with van der Waals surface area (Å²) in [7, 11) is 1.41. The first kappa shape index (κ1) is 33.0. The molecule has 0 aliphatic heterocycles. The predicted octanol–water partition coefficient (Wildman–Crippen LogP) is 6.04. The Balaban J connectivity index is 1.31. The van der Waals surface area contributed by atoms with Crippen molar-refractivity contribution in [2.75, 3.05) is 19.0 Å². The summed E-state index contributed by atoms with van der Waals surface area (Å²) in [6.45, 7) is 2.80. The smallest absolute Gasteiger partial charge is 0.343 e. The van der Waals surface area contributed by atoms with Crippen LogP contribution in [0.4, 0.5) is 5.69 Å². The molecule has 238 valence electrons. The Hall–Kier alpha value is -4.86. The number of rotatable bonds is 17. The Labute approximate surface area is 263 Å². The highest BCUT2D eigenvalue weighted by atomic mass is 16.6. The van der Waals surface area contributed by atoms with E-state index in [0.717, 1.165) is 25.7 Å². The van der Waals surface area contributed by atoms with Crippen LogP contribution in [0.1, 0.15) is 78.1 Å². The molecule has 45 heavy (non-hydrogen) atoms. The number of hydrogen-bond donors (Lipinski definition) is 3. The van der Waals surface area contributed by atoms with Gasteiger partial charge in [0, 0.05) is 23.6 Å². The third kappa shape index (κ3) is 10.1. The third-order valence-corrected chi connectivity index (χ3v) is 7.44. The fraction of sp³-hybridized carbons (Fsp3) is 0.371. The van der Waals surface area contributed by atoms with Gasteiger partial charge in [-0.1, -0.05) is 38.7 Å². The Kier molecular flexibility index (Phi) is 12.0. The molecule has 0 saturated heterocycles. The van der Waals surface area contributed by atoms with Gasteiger partial charge in [-0.05, 0) is 85.5 Å². The second kappa shape index (κ2) is 16.3. The molecule has 1 atom stereocenters. The lowest BCUT2D eigenvalue weighted by Gasteiger charge is -2.16. The number of aliphatic carboxylic acids is 1. The van der Waals surface area contributed by atoms with E-state index in [4.69, 9.17) is 14.2 Å². The van der Waals surface area contributed by atoms with Gasteiger partial charge in [0.05, 0.1) is 19.3 Å². The van der Waals surface area contributed by atoms with Gasteiger partial charge < -0.3 is 30.0 Å². The Morgan fingerprint density at radius 2 is 1.56 bits per heavy atom. The van der Waals surface area contributed by atoms with Crippen molar-refractivity contribution in [3.63, 3.8) is 0 Å². The number of amides is 2. The molecule has 1 aliphatic rings. The van der Waals surface area contributed by atoms with E-state index in [9.17, 15) is 24.3 Å². The average Bonchev–Trinajstić information content (AvgIpc) is 3.89. The van der Waals surface area contributed by atoms with Gasteiger partial charge in [0.15, 0.2) is 11.5 Å². The summed E-state index contributed by atoms with van der Waals surface area (Å²) < 4.78 is 16.7. The normalized spacial score (nSPS) is 12.9. The van der Waals surface area contributed by atoms with Gasteiger partial charge in [-0.25, -0.2) is 9.59 Å². The lowest BCUT2D eigenvalue weighted by atomic mass is 10.0. The van der Waals surface area contributed by atoms with E-state index < -0.39 is 23.9 Å². The van der Waals surface area contributed by atoms with Crippen molar-refractivity contribution in [3.8, 4) is 17.2 Å². The number of methoxy groups -OCH3 is 1. The molecule has 10 heteroatoms. The van der Waals surface area contributed by atoms with Crippen LogP contribution < -0.4 is 24.8 Å². The number of unbranched alkanes of at least 4 members (excludes halogenated alkanes) is 4. The molecule has 1 saturated carbocycles. The fourth-order valence-corrected chi connectivity index (χ4v) is 4.64. The highest BCUT2D eigenvalue weighted by Crippen LogP contribution is 2.31. The van der Waals surface area contributed by atoms with Gasteiger partial charge in [-0.3, -0.25) is 9.59 Å². The zero-order valence-electron chi connectivity index (χ0n) is 25.7. The van der Waals surface area contributed by atoms with Crippen LogP contribution in [0.5, 0.6) is 17.2 Å². The molecule has 0 radical (unpaired) electrons.